The summed E-state index contributed by atoms with van der Waals surface area (Å²) in [5.41, 5.74) is 3.45. The highest BCUT2D eigenvalue weighted by molar-refractivity contribution is 7.19. The van der Waals surface area contributed by atoms with Crippen LogP contribution in [0, 0.1) is 23.6 Å². The Labute approximate surface area is 188 Å². The average molecular weight is 448 g/mol. The molecule has 2 aliphatic heterocycles. The minimum absolute atomic E-state index is 0.0610. The number of fused-ring (bicyclic) bond motifs is 5. The molecule has 162 valence electrons. The summed E-state index contributed by atoms with van der Waals surface area (Å²) in [6, 6.07) is 3.34. The van der Waals surface area contributed by atoms with Gasteiger partial charge in [-0.05, 0) is 66.3 Å². The van der Waals surface area contributed by atoms with Crippen LogP contribution in [-0.2, 0) is 24.2 Å². The maximum Gasteiger partial charge on any atom is 0.226 e. The number of nitrogens with zero attached hydrogens (tertiary/aromatic N) is 4. The van der Waals surface area contributed by atoms with Crippen LogP contribution < -0.4 is 5.32 Å². The molecular formula is C24H22FN5OS. The summed E-state index contributed by atoms with van der Waals surface area (Å²) >= 11 is 1.65. The van der Waals surface area contributed by atoms with E-state index < -0.39 is 0 Å². The van der Waals surface area contributed by atoms with Gasteiger partial charge < -0.3 is 10.2 Å². The molecule has 2 aliphatic carbocycles. The molecule has 0 bridgehead atoms. The van der Waals surface area contributed by atoms with E-state index in [-0.39, 0.29) is 11.7 Å². The van der Waals surface area contributed by atoms with E-state index >= 15 is 0 Å². The Hall–Kier alpha value is -2.87. The Morgan fingerprint density at radius 2 is 2.09 bits per heavy atom. The van der Waals surface area contributed by atoms with E-state index in [1.807, 2.05) is 0 Å². The molecule has 3 atom stereocenters. The van der Waals surface area contributed by atoms with Crippen molar-refractivity contribution in [2.75, 3.05) is 18.4 Å². The highest BCUT2D eigenvalue weighted by atomic mass is 32.1. The number of nitrogens with one attached hydrogen (secondary N) is 1. The van der Waals surface area contributed by atoms with Gasteiger partial charge in [0.2, 0.25) is 5.91 Å². The summed E-state index contributed by atoms with van der Waals surface area (Å²) < 4.78 is 14.7. The molecule has 4 heterocycles. The Bertz CT molecular complexity index is 1310. The van der Waals surface area contributed by atoms with Crippen molar-refractivity contribution in [3.8, 4) is 0 Å². The predicted octanol–water partition coefficient (Wildman–Crippen LogP) is 4.09. The molecule has 32 heavy (non-hydrogen) atoms. The zero-order valence-corrected chi connectivity index (χ0v) is 18.3. The van der Waals surface area contributed by atoms with E-state index in [9.17, 15) is 9.18 Å². The Morgan fingerprint density at radius 3 is 2.97 bits per heavy atom. The van der Waals surface area contributed by atoms with Gasteiger partial charge in [0.15, 0.2) is 0 Å². The van der Waals surface area contributed by atoms with Crippen LogP contribution in [0.25, 0.3) is 10.2 Å². The fourth-order valence-corrected chi connectivity index (χ4v) is 6.87. The number of amides is 1. The van der Waals surface area contributed by atoms with Crippen LogP contribution in [0.2, 0.25) is 0 Å². The summed E-state index contributed by atoms with van der Waals surface area (Å²) in [7, 11) is 0. The summed E-state index contributed by atoms with van der Waals surface area (Å²) in [5.74, 6) is 2.23. The molecule has 1 N–H and O–H groups in total. The predicted molar refractivity (Wildman–Crippen MR) is 122 cm³/mol. The van der Waals surface area contributed by atoms with Gasteiger partial charge in [-0.2, -0.15) is 0 Å². The third-order valence-corrected chi connectivity index (χ3v) is 8.62. The number of carbonyl (C=O) groups is 1. The summed E-state index contributed by atoms with van der Waals surface area (Å²) in [5, 5.41) is 4.18. The van der Waals surface area contributed by atoms with Crippen LogP contribution in [0.5, 0.6) is 0 Å². The lowest BCUT2D eigenvalue weighted by Crippen LogP contribution is -2.37. The number of rotatable bonds is 3. The lowest BCUT2D eigenvalue weighted by atomic mass is 9.87. The van der Waals surface area contributed by atoms with Gasteiger partial charge in [-0.15, -0.1) is 11.3 Å². The number of thiophene rings is 1. The molecule has 0 spiro atoms. The monoisotopic (exact) mass is 447 g/mol. The molecule has 7 rings (SSSR count). The number of aromatic nitrogens is 2. The minimum Gasteiger partial charge on any atom is -0.342 e. The Kier molecular flexibility index (Phi) is 3.98. The molecule has 2 fully saturated rings. The highest BCUT2D eigenvalue weighted by Gasteiger charge is 2.47. The molecule has 3 aromatic rings. The molecule has 0 radical (unpaired) electrons. The number of benzene rings is 1. The summed E-state index contributed by atoms with van der Waals surface area (Å²) in [6.45, 7) is 2.44. The standard InChI is InChI=1S/C24H22FN5OS/c25-18-4-13-7-26-8-14(13)5-19(18)29-22-21-17-2-1-12(6-20(17)32-23(21)28-11-27-22)24(31)30-9-15-3-16(15)10-30/h4-5,8,11-12,15-16H,1-3,6-7,9-10H2,(H,27,28,29)/t12-,15?,16?/m0/s1. The largest absolute Gasteiger partial charge is 0.342 e. The summed E-state index contributed by atoms with van der Waals surface area (Å²) in [4.78, 5) is 30.4. The zero-order valence-electron chi connectivity index (χ0n) is 17.5. The molecule has 1 aromatic carbocycles. The molecule has 6 nitrogen and oxygen atoms in total. The second-order valence-electron chi connectivity index (χ2n) is 9.47. The second-order valence-corrected chi connectivity index (χ2v) is 10.6. The van der Waals surface area contributed by atoms with Crippen LogP contribution >= 0.6 is 11.3 Å². The van der Waals surface area contributed by atoms with E-state index in [1.54, 1.807) is 29.7 Å². The van der Waals surface area contributed by atoms with Crippen molar-refractivity contribution in [1.29, 1.82) is 0 Å². The minimum atomic E-state index is -0.306. The maximum atomic E-state index is 14.7. The molecule has 2 aromatic heterocycles. The SMILES string of the molecule is O=C([C@H]1CCc2c(sc3ncnc(Nc4cc5c(cc4F)CN=C5)c23)C1)N1CC2CC2C1. The summed E-state index contributed by atoms with van der Waals surface area (Å²) in [6.07, 6.45) is 7.06. The van der Waals surface area contributed by atoms with E-state index in [0.29, 0.717) is 24.0 Å². The number of hydrogen-bond donors (Lipinski definition) is 1. The van der Waals surface area contributed by atoms with Gasteiger partial charge in [0.05, 0.1) is 17.6 Å². The first-order chi connectivity index (χ1) is 15.6. The molecule has 2 unspecified atom stereocenters. The van der Waals surface area contributed by atoms with Crippen LogP contribution in [0.15, 0.2) is 23.5 Å². The average Bonchev–Trinajstić information content (AvgIpc) is 3.14. The second kappa shape index (κ2) is 6.81. The van der Waals surface area contributed by atoms with Crippen molar-refractivity contribution >= 4 is 45.2 Å². The Morgan fingerprint density at radius 1 is 1.22 bits per heavy atom. The third kappa shape index (κ3) is 2.88. The van der Waals surface area contributed by atoms with Crippen LogP contribution in [-0.4, -0.2) is 40.1 Å². The van der Waals surface area contributed by atoms with Crippen molar-refractivity contribution in [2.24, 2.45) is 22.7 Å². The smallest absolute Gasteiger partial charge is 0.226 e. The zero-order chi connectivity index (χ0) is 21.4. The number of carbonyl (C=O) groups excluding carboxylic acids is 1. The maximum absolute atomic E-state index is 14.7. The number of likely N-dealkylation sites (tertiary alicyclic amines) is 1. The van der Waals surface area contributed by atoms with Gasteiger partial charge in [-0.1, -0.05) is 0 Å². The van der Waals surface area contributed by atoms with Gasteiger partial charge in [0.1, 0.15) is 22.8 Å². The van der Waals surface area contributed by atoms with Crippen LogP contribution in [0.3, 0.4) is 0 Å². The van der Waals surface area contributed by atoms with E-state index in [0.717, 1.165) is 65.5 Å². The third-order valence-electron chi connectivity index (χ3n) is 7.46. The lowest BCUT2D eigenvalue weighted by Gasteiger charge is -2.27. The first-order valence-electron chi connectivity index (χ1n) is 11.3. The van der Waals surface area contributed by atoms with Crippen molar-refractivity contribution in [3.63, 3.8) is 0 Å². The molecular weight excluding hydrogens is 425 g/mol. The number of anilines is 2. The van der Waals surface area contributed by atoms with E-state index in [2.05, 4.69) is 25.2 Å². The van der Waals surface area contributed by atoms with E-state index in [4.69, 9.17) is 0 Å². The van der Waals surface area contributed by atoms with Gasteiger partial charge in [0.25, 0.3) is 0 Å². The van der Waals surface area contributed by atoms with Gasteiger partial charge in [-0.3, -0.25) is 9.79 Å². The first-order valence-corrected chi connectivity index (χ1v) is 12.1. The van der Waals surface area contributed by atoms with Crippen molar-refractivity contribution in [3.05, 3.63) is 45.8 Å². The fraction of sp³-hybridized carbons (Fsp3) is 0.417. The highest BCUT2D eigenvalue weighted by Crippen LogP contribution is 2.46. The fourth-order valence-electron chi connectivity index (χ4n) is 5.61. The number of aliphatic imine (C=N–C) groups is 1. The van der Waals surface area contributed by atoms with Crippen molar-refractivity contribution in [2.45, 2.75) is 32.2 Å². The molecule has 1 amide bonds. The topological polar surface area (TPSA) is 70.5 Å². The van der Waals surface area contributed by atoms with Gasteiger partial charge >= 0.3 is 0 Å². The van der Waals surface area contributed by atoms with Crippen molar-refractivity contribution in [1.82, 2.24) is 14.9 Å². The Balaban J connectivity index is 1.19. The first kappa shape index (κ1) is 18.7. The molecule has 4 aliphatic rings. The normalized spacial score (nSPS) is 25.0. The van der Waals surface area contributed by atoms with Crippen molar-refractivity contribution < 1.29 is 9.18 Å². The quantitative estimate of drug-likeness (QED) is 0.657. The molecule has 8 heteroatoms. The van der Waals surface area contributed by atoms with Gasteiger partial charge in [-0.25, -0.2) is 14.4 Å². The molecule has 1 saturated heterocycles. The van der Waals surface area contributed by atoms with Gasteiger partial charge in [0, 0.05) is 30.1 Å². The van der Waals surface area contributed by atoms with E-state index in [1.165, 1.54) is 23.2 Å². The number of halogens is 1. The lowest BCUT2D eigenvalue weighted by molar-refractivity contribution is -0.135. The number of aryl methyl sites for hydroxylation is 1. The van der Waals surface area contributed by atoms with Crippen LogP contribution in [0.4, 0.5) is 15.9 Å². The number of hydrogen-bond acceptors (Lipinski definition) is 6. The molecule has 1 saturated carbocycles. The number of piperidine rings is 1. The van der Waals surface area contributed by atoms with Crippen LogP contribution in [0.1, 0.15) is 34.4 Å².